The number of rotatable bonds is 6. The van der Waals surface area contributed by atoms with Crippen LogP contribution in [-0.2, 0) is 5.41 Å². The van der Waals surface area contributed by atoms with Crippen LogP contribution in [0.5, 0.6) is 5.75 Å². The average molecular weight is 619 g/mol. The number of carbonyl (C=O) groups excluding carboxylic acids is 1. The zero-order chi connectivity index (χ0) is 32.0. The number of hydrogen-bond donors (Lipinski definition) is 2. The lowest BCUT2D eigenvalue weighted by Crippen LogP contribution is -2.36. The first-order chi connectivity index (χ1) is 22.1. The Balaban J connectivity index is 1.09. The SMILES string of the molecule is Cc1ccc(-n2nc(C(C)(C)C)cc2NC(=O)N[C@H]2CCC(Oc3ccc4nnc([C@@H]5CCCN5C)n4c3)c3ccccc32)cc1. The Kier molecular flexibility index (Phi) is 7.76. The Morgan fingerprint density at radius 3 is 2.48 bits per heavy atom. The van der Waals surface area contributed by atoms with E-state index in [-0.39, 0.29) is 29.6 Å². The van der Waals surface area contributed by atoms with Gasteiger partial charge in [0.2, 0.25) is 0 Å². The second kappa shape index (κ2) is 11.9. The fourth-order valence-electron chi connectivity index (χ4n) is 6.64. The molecular formula is C36H42N8O2. The summed E-state index contributed by atoms with van der Waals surface area (Å²) >= 11 is 0. The van der Waals surface area contributed by atoms with Gasteiger partial charge < -0.3 is 10.1 Å². The molecule has 0 bridgehead atoms. The third kappa shape index (κ3) is 5.85. The van der Waals surface area contributed by atoms with Gasteiger partial charge in [0.1, 0.15) is 17.7 Å². The predicted molar refractivity (Wildman–Crippen MR) is 179 cm³/mol. The van der Waals surface area contributed by atoms with E-state index in [2.05, 4.69) is 77.0 Å². The first-order valence-electron chi connectivity index (χ1n) is 16.2. The van der Waals surface area contributed by atoms with Gasteiger partial charge in [-0.1, -0.05) is 62.7 Å². The number of aromatic nitrogens is 5. The largest absolute Gasteiger partial charge is 0.484 e. The average Bonchev–Trinajstić information content (AvgIpc) is 3.77. The second-order valence-electron chi connectivity index (χ2n) is 13.7. The summed E-state index contributed by atoms with van der Waals surface area (Å²) in [5.41, 5.74) is 5.75. The van der Waals surface area contributed by atoms with Crippen molar-refractivity contribution >= 4 is 17.5 Å². The highest BCUT2D eigenvalue weighted by Gasteiger charge is 2.31. The molecule has 46 heavy (non-hydrogen) atoms. The molecule has 238 valence electrons. The molecule has 1 fully saturated rings. The normalized spacial score (nSPS) is 20.1. The smallest absolute Gasteiger partial charge is 0.320 e. The number of benzene rings is 2. The van der Waals surface area contributed by atoms with Gasteiger partial charge in [0.15, 0.2) is 11.5 Å². The maximum absolute atomic E-state index is 13.5. The molecule has 2 aliphatic rings. The van der Waals surface area contributed by atoms with Crippen LogP contribution in [0.25, 0.3) is 11.3 Å². The summed E-state index contributed by atoms with van der Waals surface area (Å²) in [6.07, 6.45) is 5.61. The molecule has 0 radical (unpaired) electrons. The highest BCUT2D eigenvalue weighted by Crippen LogP contribution is 2.39. The van der Waals surface area contributed by atoms with E-state index in [9.17, 15) is 4.79 Å². The molecule has 2 amide bonds. The number of nitrogens with one attached hydrogen (secondary N) is 2. The Hall–Kier alpha value is -4.70. The molecule has 5 aromatic rings. The number of hydrogen-bond acceptors (Lipinski definition) is 6. The molecule has 1 unspecified atom stereocenters. The van der Waals surface area contributed by atoms with Crippen molar-refractivity contribution < 1.29 is 9.53 Å². The summed E-state index contributed by atoms with van der Waals surface area (Å²) in [6, 6.07) is 22.1. The van der Waals surface area contributed by atoms with Crippen molar-refractivity contribution in [3.63, 3.8) is 0 Å². The number of carbonyl (C=O) groups is 1. The molecule has 7 rings (SSSR count). The van der Waals surface area contributed by atoms with Gasteiger partial charge in [-0.15, -0.1) is 10.2 Å². The van der Waals surface area contributed by atoms with E-state index >= 15 is 0 Å². The number of likely N-dealkylation sites (tertiary alicyclic amines) is 1. The minimum atomic E-state index is -0.268. The van der Waals surface area contributed by atoms with Gasteiger partial charge in [0, 0.05) is 11.5 Å². The molecule has 2 aromatic carbocycles. The summed E-state index contributed by atoms with van der Waals surface area (Å²) in [5, 5.41) is 20.1. The maximum atomic E-state index is 13.5. The Morgan fingerprint density at radius 1 is 0.957 bits per heavy atom. The Labute approximate surface area is 269 Å². The number of pyridine rings is 1. The van der Waals surface area contributed by atoms with E-state index in [0.717, 1.165) is 72.0 Å². The number of ether oxygens (including phenoxy) is 1. The van der Waals surface area contributed by atoms with Crippen LogP contribution >= 0.6 is 0 Å². The van der Waals surface area contributed by atoms with Gasteiger partial charge in [-0.05, 0) is 81.6 Å². The van der Waals surface area contributed by atoms with Crippen LogP contribution < -0.4 is 15.4 Å². The summed E-state index contributed by atoms with van der Waals surface area (Å²) in [4.78, 5) is 15.8. The van der Waals surface area contributed by atoms with Crippen molar-refractivity contribution in [3.8, 4) is 11.4 Å². The third-order valence-corrected chi connectivity index (χ3v) is 9.24. The number of fused-ring (bicyclic) bond motifs is 2. The number of aryl methyl sites for hydroxylation is 1. The zero-order valence-corrected chi connectivity index (χ0v) is 27.2. The quantitative estimate of drug-likeness (QED) is 0.211. The Morgan fingerprint density at radius 2 is 1.74 bits per heavy atom. The summed E-state index contributed by atoms with van der Waals surface area (Å²) in [7, 11) is 2.14. The predicted octanol–water partition coefficient (Wildman–Crippen LogP) is 7.06. The standard InChI is InChI=1S/C36H42N8O2/c1-23-12-14-24(15-13-23)44-33(21-31(41-44)36(2,3)4)38-35(45)37-28-17-18-30(27-10-7-6-9-26(27)28)46-25-16-19-32-39-40-34(43(32)22-25)29-11-8-20-42(29)5/h6-7,9-10,12-16,19,21-22,28-30H,8,11,17-18,20H2,1-5H3,(H2,37,38,45)/t28-,29-,30?/m0/s1. The summed E-state index contributed by atoms with van der Waals surface area (Å²) in [6.45, 7) is 9.48. The van der Waals surface area contributed by atoms with Gasteiger partial charge >= 0.3 is 6.03 Å². The van der Waals surface area contributed by atoms with Crippen molar-refractivity contribution in [2.45, 2.75) is 77.0 Å². The van der Waals surface area contributed by atoms with E-state index in [0.29, 0.717) is 5.82 Å². The van der Waals surface area contributed by atoms with Crippen molar-refractivity contribution in [1.82, 2.24) is 34.6 Å². The van der Waals surface area contributed by atoms with E-state index < -0.39 is 0 Å². The number of amides is 2. The molecule has 3 aromatic heterocycles. The molecular weight excluding hydrogens is 576 g/mol. The molecule has 1 saturated heterocycles. The van der Waals surface area contributed by atoms with Crippen molar-refractivity contribution in [2.24, 2.45) is 0 Å². The number of urea groups is 1. The third-order valence-electron chi connectivity index (χ3n) is 9.24. The lowest BCUT2D eigenvalue weighted by Gasteiger charge is -2.32. The van der Waals surface area contributed by atoms with Crippen molar-refractivity contribution in [2.75, 3.05) is 18.9 Å². The van der Waals surface area contributed by atoms with E-state index in [4.69, 9.17) is 9.84 Å². The van der Waals surface area contributed by atoms with E-state index in [1.807, 2.05) is 60.8 Å². The van der Waals surface area contributed by atoms with Crippen LogP contribution in [0.4, 0.5) is 10.6 Å². The van der Waals surface area contributed by atoms with Crippen LogP contribution in [0, 0.1) is 6.92 Å². The van der Waals surface area contributed by atoms with Crippen LogP contribution in [0.15, 0.2) is 72.9 Å². The van der Waals surface area contributed by atoms with E-state index in [1.54, 1.807) is 4.68 Å². The molecule has 2 N–H and O–H groups in total. The van der Waals surface area contributed by atoms with Gasteiger partial charge in [0.05, 0.1) is 29.7 Å². The fourth-order valence-corrected chi connectivity index (χ4v) is 6.64. The highest BCUT2D eigenvalue weighted by atomic mass is 16.5. The summed E-state index contributed by atoms with van der Waals surface area (Å²) < 4.78 is 10.5. The number of anilines is 1. The minimum Gasteiger partial charge on any atom is -0.484 e. The van der Waals surface area contributed by atoms with Crippen LogP contribution in [0.1, 0.15) is 92.9 Å². The molecule has 10 nitrogen and oxygen atoms in total. The van der Waals surface area contributed by atoms with Gasteiger partial charge in [-0.25, -0.2) is 9.48 Å². The fraction of sp³-hybridized carbons (Fsp3) is 0.389. The highest BCUT2D eigenvalue weighted by molar-refractivity contribution is 5.89. The molecule has 1 aliphatic heterocycles. The maximum Gasteiger partial charge on any atom is 0.320 e. The van der Waals surface area contributed by atoms with Crippen molar-refractivity contribution in [3.05, 3.63) is 101 Å². The lowest BCUT2D eigenvalue weighted by molar-refractivity contribution is 0.171. The minimum absolute atomic E-state index is 0.138. The van der Waals surface area contributed by atoms with E-state index in [1.165, 1.54) is 5.56 Å². The first kappa shape index (κ1) is 30.0. The van der Waals surface area contributed by atoms with Gasteiger partial charge in [0.25, 0.3) is 0 Å². The second-order valence-corrected chi connectivity index (χ2v) is 13.7. The molecule has 10 heteroatoms. The first-order valence-corrected chi connectivity index (χ1v) is 16.2. The van der Waals surface area contributed by atoms with Crippen LogP contribution in [0.3, 0.4) is 0 Å². The molecule has 0 saturated carbocycles. The molecule has 3 atom stereocenters. The van der Waals surface area contributed by atoms with Crippen molar-refractivity contribution in [1.29, 1.82) is 0 Å². The lowest BCUT2D eigenvalue weighted by atomic mass is 9.85. The van der Waals surface area contributed by atoms with Gasteiger partial charge in [-0.3, -0.25) is 14.6 Å². The Bertz CT molecular complexity index is 1870. The molecule has 1 aliphatic carbocycles. The molecule has 4 heterocycles. The monoisotopic (exact) mass is 618 g/mol. The number of nitrogens with zero attached hydrogens (tertiary/aromatic N) is 6. The van der Waals surface area contributed by atoms with Crippen LogP contribution in [-0.4, -0.2) is 48.9 Å². The molecule has 0 spiro atoms. The topological polar surface area (TPSA) is 102 Å². The zero-order valence-electron chi connectivity index (χ0n) is 27.2. The summed E-state index contributed by atoms with van der Waals surface area (Å²) in [5.74, 6) is 2.36. The van der Waals surface area contributed by atoms with Crippen LogP contribution in [0.2, 0.25) is 0 Å². The van der Waals surface area contributed by atoms with Gasteiger partial charge in [-0.2, -0.15) is 5.10 Å².